The number of aliphatic hydroxyl groups excluding tert-OH is 1. The Morgan fingerprint density at radius 2 is 2.10 bits per heavy atom. The number of aromatic nitrogens is 4. The van der Waals surface area contributed by atoms with Crippen molar-refractivity contribution in [2.24, 2.45) is 7.05 Å². The highest BCUT2D eigenvalue weighted by Gasteiger charge is 2.20. The summed E-state index contributed by atoms with van der Waals surface area (Å²) in [4.78, 5) is 33.2. The molecule has 162 valence electrons. The van der Waals surface area contributed by atoms with Gasteiger partial charge in [0.25, 0.3) is 5.56 Å². The number of aromatic amines is 1. The number of imidazole rings is 1. The number of likely N-dealkylation sites (N-methyl/N-ethyl adjacent to an activating group) is 1. The number of aliphatic hydroxyl groups is 1. The van der Waals surface area contributed by atoms with E-state index < -0.39 is 17.4 Å². The van der Waals surface area contributed by atoms with Crippen LogP contribution in [0.15, 0.2) is 33.9 Å². The van der Waals surface area contributed by atoms with Crippen molar-refractivity contribution in [1.29, 1.82) is 0 Å². The smallest absolute Gasteiger partial charge is 0.329 e. The summed E-state index contributed by atoms with van der Waals surface area (Å²) in [7, 11) is 5.44. The van der Waals surface area contributed by atoms with Gasteiger partial charge in [-0.05, 0) is 38.7 Å². The largest absolute Gasteiger partial charge is 0.491 e. The molecule has 0 aliphatic heterocycles. The average Bonchev–Trinajstić information content (AvgIpc) is 3.03. The minimum Gasteiger partial charge on any atom is -0.491 e. The molecule has 0 radical (unpaired) electrons. The van der Waals surface area contributed by atoms with E-state index in [1.807, 2.05) is 50.2 Å². The van der Waals surface area contributed by atoms with Gasteiger partial charge in [-0.2, -0.15) is 4.98 Å². The number of aryl methyl sites for hydroxylation is 2. The molecule has 3 rings (SSSR count). The molecular weight excluding hydrogens is 388 g/mol. The first-order valence-electron chi connectivity index (χ1n) is 9.72. The predicted molar refractivity (Wildman–Crippen MR) is 115 cm³/mol. The molecule has 0 saturated carbocycles. The maximum atomic E-state index is 12.5. The number of benzene rings is 1. The van der Waals surface area contributed by atoms with Crippen LogP contribution in [-0.4, -0.2) is 69.0 Å². The van der Waals surface area contributed by atoms with E-state index in [2.05, 4.69) is 15.3 Å². The van der Waals surface area contributed by atoms with Gasteiger partial charge in [0.05, 0.1) is 6.54 Å². The summed E-state index contributed by atoms with van der Waals surface area (Å²) >= 11 is 0. The summed E-state index contributed by atoms with van der Waals surface area (Å²) in [5.74, 6) is 1.07. The fourth-order valence-corrected chi connectivity index (χ4v) is 3.10. The topological polar surface area (TPSA) is 117 Å². The van der Waals surface area contributed by atoms with Gasteiger partial charge in [-0.15, -0.1) is 0 Å². The van der Waals surface area contributed by atoms with Crippen LogP contribution in [0.1, 0.15) is 5.56 Å². The monoisotopic (exact) mass is 416 g/mol. The van der Waals surface area contributed by atoms with Gasteiger partial charge in [0, 0.05) is 20.1 Å². The van der Waals surface area contributed by atoms with Crippen molar-refractivity contribution in [2.75, 3.05) is 39.1 Å². The number of ether oxygens (including phenoxy) is 1. The summed E-state index contributed by atoms with van der Waals surface area (Å²) in [5, 5.41) is 13.8. The fraction of sp³-hybridized carbons (Fsp3) is 0.450. The number of hydrogen-bond donors (Lipinski definition) is 3. The molecule has 0 aliphatic carbocycles. The van der Waals surface area contributed by atoms with E-state index in [9.17, 15) is 14.7 Å². The van der Waals surface area contributed by atoms with Crippen molar-refractivity contribution >= 4 is 17.1 Å². The molecule has 10 heteroatoms. The lowest BCUT2D eigenvalue weighted by Crippen LogP contribution is -2.31. The Kier molecular flexibility index (Phi) is 6.58. The lowest BCUT2D eigenvalue weighted by Gasteiger charge is -2.16. The molecule has 30 heavy (non-hydrogen) atoms. The highest BCUT2D eigenvalue weighted by Crippen LogP contribution is 2.17. The molecule has 2 heterocycles. The van der Waals surface area contributed by atoms with Crippen molar-refractivity contribution in [2.45, 2.75) is 19.6 Å². The molecule has 0 aliphatic rings. The maximum Gasteiger partial charge on any atom is 0.329 e. The van der Waals surface area contributed by atoms with Gasteiger partial charge in [0.15, 0.2) is 11.2 Å². The molecule has 2 aromatic heterocycles. The maximum absolute atomic E-state index is 12.5. The molecule has 0 amide bonds. The Morgan fingerprint density at radius 3 is 2.80 bits per heavy atom. The van der Waals surface area contributed by atoms with Crippen molar-refractivity contribution < 1.29 is 9.84 Å². The van der Waals surface area contributed by atoms with Crippen LogP contribution < -0.4 is 21.3 Å². The Hall–Kier alpha value is -3.11. The highest BCUT2D eigenvalue weighted by atomic mass is 16.5. The van der Waals surface area contributed by atoms with Crippen molar-refractivity contribution in [3.8, 4) is 5.75 Å². The molecule has 1 aromatic carbocycles. The number of anilines is 1. The average molecular weight is 416 g/mol. The van der Waals surface area contributed by atoms with Gasteiger partial charge in [0.2, 0.25) is 5.95 Å². The first kappa shape index (κ1) is 21.6. The fourth-order valence-electron chi connectivity index (χ4n) is 3.10. The van der Waals surface area contributed by atoms with E-state index in [0.29, 0.717) is 18.2 Å². The van der Waals surface area contributed by atoms with Crippen molar-refractivity contribution in [3.05, 3.63) is 50.7 Å². The first-order valence-corrected chi connectivity index (χ1v) is 9.72. The predicted octanol–water partition coefficient (Wildman–Crippen LogP) is 0.145. The van der Waals surface area contributed by atoms with E-state index in [1.54, 1.807) is 11.6 Å². The molecule has 1 unspecified atom stereocenters. The molecule has 1 atom stereocenters. The van der Waals surface area contributed by atoms with Crippen molar-refractivity contribution in [3.63, 3.8) is 0 Å². The van der Waals surface area contributed by atoms with Crippen LogP contribution in [0.2, 0.25) is 0 Å². The second-order valence-corrected chi connectivity index (χ2v) is 7.55. The second kappa shape index (κ2) is 9.14. The van der Waals surface area contributed by atoms with Crippen LogP contribution in [-0.2, 0) is 13.6 Å². The van der Waals surface area contributed by atoms with Gasteiger partial charge in [-0.3, -0.25) is 14.3 Å². The van der Waals surface area contributed by atoms with Crippen LogP contribution in [0, 0.1) is 6.92 Å². The zero-order valence-electron chi connectivity index (χ0n) is 17.7. The molecular formula is C20H28N6O4. The quantitative estimate of drug-likeness (QED) is 0.454. The van der Waals surface area contributed by atoms with Crippen LogP contribution in [0.5, 0.6) is 5.75 Å². The third kappa shape index (κ3) is 4.89. The minimum atomic E-state index is -0.894. The summed E-state index contributed by atoms with van der Waals surface area (Å²) in [6.07, 6.45) is -0.894. The third-order valence-electron chi connectivity index (χ3n) is 4.67. The lowest BCUT2D eigenvalue weighted by atomic mass is 10.2. The molecule has 3 N–H and O–H groups in total. The van der Waals surface area contributed by atoms with E-state index in [4.69, 9.17) is 4.74 Å². The SMILES string of the molecule is Cc1cccc(OCC(O)Cn2c(NCCN(C)C)nc3c2c(=O)[nH]c(=O)n3C)c1. The summed E-state index contributed by atoms with van der Waals surface area (Å²) in [6.45, 7) is 3.41. The van der Waals surface area contributed by atoms with Crippen LogP contribution in [0.25, 0.3) is 11.2 Å². The van der Waals surface area contributed by atoms with Gasteiger partial charge in [-0.1, -0.05) is 12.1 Å². The number of rotatable bonds is 9. The van der Waals surface area contributed by atoms with E-state index in [-0.39, 0.29) is 24.3 Å². The summed E-state index contributed by atoms with van der Waals surface area (Å²) < 4.78 is 8.55. The second-order valence-electron chi connectivity index (χ2n) is 7.55. The summed E-state index contributed by atoms with van der Waals surface area (Å²) in [6, 6.07) is 7.55. The number of nitrogens with zero attached hydrogens (tertiary/aromatic N) is 4. The van der Waals surface area contributed by atoms with Gasteiger partial charge in [0.1, 0.15) is 18.5 Å². The molecule has 0 bridgehead atoms. The van der Waals surface area contributed by atoms with E-state index in [0.717, 1.165) is 12.1 Å². The number of H-pyrrole nitrogens is 1. The number of fused-ring (bicyclic) bond motifs is 1. The Labute approximate surface area is 173 Å². The van der Waals surface area contributed by atoms with Gasteiger partial charge >= 0.3 is 5.69 Å². The van der Waals surface area contributed by atoms with E-state index in [1.165, 1.54) is 4.57 Å². The molecule has 0 fully saturated rings. The Morgan fingerprint density at radius 1 is 1.33 bits per heavy atom. The van der Waals surface area contributed by atoms with Gasteiger partial charge < -0.3 is 24.6 Å². The van der Waals surface area contributed by atoms with E-state index >= 15 is 0 Å². The lowest BCUT2D eigenvalue weighted by molar-refractivity contribution is 0.0938. The zero-order chi connectivity index (χ0) is 21.8. The molecule has 0 spiro atoms. The molecule has 10 nitrogen and oxygen atoms in total. The number of nitrogens with one attached hydrogen (secondary N) is 2. The van der Waals surface area contributed by atoms with Gasteiger partial charge in [-0.25, -0.2) is 4.79 Å². The number of hydrogen-bond acceptors (Lipinski definition) is 7. The first-order chi connectivity index (χ1) is 14.3. The Balaban J connectivity index is 1.86. The minimum absolute atomic E-state index is 0.0456. The van der Waals surface area contributed by atoms with Crippen LogP contribution in [0.3, 0.4) is 0 Å². The van der Waals surface area contributed by atoms with Crippen LogP contribution in [0.4, 0.5) is 5.95 Å². The highest BCUT2D eigenvalue weighted by molar-refractivity contribution is 5.74. The Bertz CT molecular complexity index is 1130. The standard InChI is InChI=1S/C20H28N6O4/c1-13-6-5-7-15(10-13)30-12-14(27)11-26-16-17(25(4)20(29)23-18(16)28)22-19(26)21-8-9-24(2)3/h5-7,10,14,27H,8-9,11-12H2,1-4H3,(H,21,22)(H,23,28,29). The molecule has 3 aromatic rings. The normalized spacial score (nSPS) is 12.5. The zero-order valence-corrected chi connectivity index (χ0v) is 17.7. The van der Waals surface area contributed by atoms with Crippen LogP contribution >= 0.6 is 0 Å². The third-order valence-corrected chi connectivity index (χ3v) is 4.67. The van der Waals surface area contributed by atoms with Crippen molar-refractivity contribution in [1.82, 2.24) is 24.0 Å². The summed E-state index contributed by atoms with van der Waals surface area (Å²) in [5.41, 5.74) is 0.442. The molecule has 0 saturated heterocycles.